The molecular weight excluding hydrogens is 266 g/mol. The minimum atomic E-state index is 0.137. The molecule has 1 fully saturated rings. The maximum atomic E-state index is 5.55. The van der Waals surface area contributed by atoms with E-state index in [0.29, 0.717) is 11.1 Å². The predicted octanol–water partition coefficient (Wildman–Crippen LogP) is 2.52. The van der Waals surface area contributed by atoms with E-state index in [2.05, 4.69) is 15.3 Å². The molecule has 6 heteroatoms. The molecular formula is C12H19N3OS2. The number of nitrogens with zero attached hydrogens (tertiary/aromatic N) is 2. The van der Waals surface area contributed by atoms with E-state index in [1.807, 2.05) is 43.4 Å². The molecule has 0 spiro atoms. The van der Waals surface area contributed by atoms with Crippen LogP contribution in [0.25, 0.3) is 0 Å². The molecule has 100 valence electrons. The van der Waals surface area contributed by atoms with Gasteiger partial charge in [0.1, 0.15) is 12.1 Å². The Bertz CT molecular complexity index is 370. The topological polar surface area (TPSA) is 47.0 Å². The molecule has 0 saturated carbocycles. The van der Waals surface area contributed by atoms with Gasteiger partial charge in [-0.1, -0.05) is 0 Å². The number of nitrogens with one attached hydrogen (secondary N) is 1. The second kappa shape index (κ2) is 7.09. The zero-order chi connectivity index (χ0) is 12.8. The highest BCUT2D eigenvalue weighted by Gasteiger charge is 2.14. The molecule has 1 saturated heterocycles. The molecule has 0 aliphatic carbocycles. The van der Waals surface area contributed by atoms with Gasteiger partial charge in [-0.25, -0.2) is 9.97 Å². The molecule has 1 unspecified atom stereocenters. The van der Waals surface area contributed by atoms with Gasteiger partial charge in [-0.15, -0.1) is 0 Å². The summed E-state index contributed by atoms with van der Waals surface area (Å²) < 4.78 is 5.55. The molecule has 4 nitrogen and oxygen atoms in total. The summed E-state index contributed by atoms with van der Waals surface area (Å²) in [5.41, 5.74) is 0. The lowest BCUT2D eigenvalue weighted by Crippen LogP contribution is -2.23. The average Bonchev–Trinajstić information content (AvgIpc) is 2.37. The minimum absolute atomic E-state index is 0.137. The number of thioether (sulfide) groups is 2. The van der Waals surface area contributed by atoms with Crippen LogP contribution in [0.15, 0.2) is 12.4 Å². The van der Waals surface area contributed by atoms with Gasteiger partial charge < -0.3 is 10.1 Å². The van der Waals surface area contributed by atoms with Gasteiger partial charge in [0.25, 0.3) is 0 Å². The first-order chi connectivity index (χ1) is 8.74. The molecule has 1 atom stereocenters. The van der Waals surface area contributed by atoms with Crippen LogP contribution in [0, 0.1) is 0 Å². The van der Waals surface area contributed by atoms with Gasteiger partial charge in [0, 0.05) is 35.1 Å². The Hall–Kier alpha value is -0.620. The van der Waals surface area contributed by atoms with Crippen molar-refractivity contribution < 1.29 is 4.74 Å². The van der Waals surface area contributed by atoms with Crippen molar-refractivity contribution in [2.24, 2.45) is 0 Å². The van der Waals surface area contributed by atoms with Crippen LogP contribution in [-0.4, -0.2) is 45.1 Å². The van der Waals surface area contributed by atoms with Crippen molar-refractivity contribution in [2.45, 2.75) is 25.2 Å². The van der Waals surface area contributed by atoms with Gasteiger partial charge in [0.05, 0.1) is 6.10 Å². The Kier molecular flexibility index (Phi) is 5.44. The molecule has 1 N–H and O–H groups in total. The molecule has 2 heterocycles. The zero-order valence-corrected chi connectivity index (χ0v) is 12.4. The number of anilines is 1. The standard InChI is InChI=1S/C12H19N3OS2/c1-9(2)16-12-5-11(14-8-15-12)13-6-10-7-17-3-4-18-10/h5,8-10H,3-4,6-7H2,1-2H3,(H,13,14,15). The van der Waals surface area contributed by atoms with E-state index < -0.39 is 0 Å². The van der Waals surface area contributed by atoms with Gasteiger partial charge in [0.15, 0.2) is 0 Å². The Labute approximate surface area is 117 Å². The van der Waals surface area contributed by atoms with Crippen LogP contribution in [0.4, 0.5) is 5.82 Å². The van der Waals surface area contributed by atoms with Crippen LogP contribution < -0.4 is 10.1 Å². The van der Waals surface area contributed by atoms with Crippen LogP contribution in [-0.2, 0) is 0 Å². The van der Waals surface area contributed by atoms with E-state index in [4.69, 9.17) is 4.74 Å². The summed E-state index contributed by atoms with van der Waals surface area (Å²) in [6.45, 7) is 4.94. The number of ether oxygens (including phenoxy) is 1. The molecule has 0 radical (unpaired) electrons. The van der Waals surface area contributed by atoms with Crippen LogP contribution >= 0.6 is 23.5 Å². The van der Waals surface area contributed by atoms with Crippen molar-refractivity contribution in [3.63, 3.8) is 0 Å². The smallest absolute Gasteiger partial charge is 0.218 e. The highest BCUT2D eigenvalue weighted by Crippen LogP contribution is 2.24. The van der Waals surface area contributed by atoms with Gasteiger partial charge in [0.2, 0.25) is 5.88 Å². The van der Waals surface area contributed by atoms with Crippen LogP contribution in [0.1, 0.15) is 13.8 Å². The quantitative estimate of drug-likeness (QED) is 0.897. The van der Waals surface area contributed by atoms with Crippen LogP contribution in [0.5, 0.6) is 5.88 Å². The Balaban J connectivity index is 1.84. The lowest BCUT2D eigenvalue weighted by Gasteiger charge is -2.21. The highest BCUT2D eigenvalue weighted by molar-refractivity contribution is 8.06. The number of hydrogen-bond acceptors (Lipinski definition) is 6. The summed E-state index contributed by atoms with van der Waals surface area (Å²) >= 11 is 4.07. The summed E-state index contributed by atoms with van der Waals surface area (Å²) in [7, 11) is 0. The maximum absolute atomic E-state index is 5.55. The predicted molar refractivity (Wildman–Crippen MR) is 79.9 cm³/mol. The van der Waals surface area contributed by atoms with E-state index in [0.717, 1.165) is 12.4 Å². The Morgan fingerprint density at radius 2 is 2.33 bits per heavy atom. The van der Waals surface area contributed by atoms with Gasteiger partial charge in [-0.05, 0) is 13.8 Å². The van der Waals surface area contributed by atoms with Gasteiger partial charge in [-0.2, -0.15) is 23.5 Å². The second-order valence-corrected chi connectivity index (χ2v) is 6.91. The normalized spacial score (nSPS) is 19.8. The molecule has 0 amide bonds. The van der Waals surface area contributed by atoms with Crippen molar-refractivity contribution in [3.05, 3.63) is 12.4 Å². The lowest BCUT2D eigenvalue weighted by atomic mass is 10.4. The third kappa shape index (κ3) is 4.57. The van der Waals surface area contributed by atoms with Crippen LogP contribution in [0.3, 0.4) is 0 Å². The molecule has 1 aromatic rings. The molecule has 1 aliphatic rings. The van der Waals surface area contributed by atoms with E-state index in [-0.39, 0.29) is 6.10 Å². The van der Waals surface area contributed by atoms with Crippen molar-refractivity contribution in [3.8, 4) is 5.88 Å². The Morgan fingerprint density at radius 3 is 3.06 bits per heavy atom. The SMILES string of the molecule is CC(C)Oc1cc(NCC2CSCCS2)ncn1. The zero-order valence-electron chi connectivity index (χ0n) is 10.8. The number of hydrogen-bond donors (Lipinski definition) is 1. The molecule has 1 aromatic heterocycles. The molecule has 1 aliphatic heterocycles. The average molecular weight is 285 g/mol. The summed E-state index contributed by atoms with van der Waals surface area (Å²) in [4.78, 5) is 8.30. The van der Waals surface area contributed by atoms with Crippen molar-refractivity contribution >= 4 is 29.3 Å². The largest absolute Gasteiger partial charge is 0.475 e. The molecule has 0 bridgehead atoms. The van der Waals surface area contributed by atoms with Gasteiger partial charge in [-0.3, -0.25) is 0 Å². The van der Waals surface area contributed by atoms with E-state index in [1.165, 1.54) is 17.3 Å². The van der Waals surface area contributed by atoms with Crippen molar-refractivity contribution in [1.29, 1.82) is 0 Å². The van der Waals surface area contributed by atoms with Crippen molar-refractivity contribution in [1.82, 2.24) is 9.97 Å². The molecule has 0 aromatic carbocycles. The third-order valence-corrected chi connectivity index (χ3v) is 5.24. The number of aromatic nitrogens is 2. The fourth-order valence-corrected chi connectivity index (χ4v) is 4.23. The summed E-state index contributed by atoms with van der Waals surface area (Å²) in [5.74, 6) is 5.23. The van der Waals surface area contributed by atoms with E-state index in [9.17, 15) is 0 Å². The highest BCUT2D eigenvalue weighted by atomic mass is 32.2. The molecule has 18 heavy (non-hydrogen) atoms. The maximum Gasteiger partial charge on any atom is 0.218 e. The summed E-state index contributed by atoms with van der Waals surface area (Å²) in [5, 5.41) is 4.04. The third-order valence-electron chi connectivity index (χ3n) is 2.39. The Morgan fingerprint density at radius 1 is 1.44 bits per heavy atom. The van der Waals surface area contributed by atoms with Crippen LogP contribution in [0.2, 0.25) is 0 Å². The van der Waals surface area contributed by atoms with Crippen molar-refractivity contribution in [2.75, 3.05) is 29.1 Å². The fourth-order valence-electron chi connectivity index (χ4n) is 1.61. The van der Waals surface area contributed by atoms with Gasteiger partial charge >= 0.3 is 0 Å². The summed E-state index contributed by atoms with van der Waals surface area (Å²) in [6, 6.07) is 1.86. The monoisotopic (exact) mass is 285 g/mol. The second-order valence-electron chi connectivity index (χ2n) is 4.36. The first kappa shape index (κ1) is 13.8. The van der Waals surface area contributed by atoms with E-state index >= 15 is 0 Å². The van der Waals surface area contributed by atoms with E-state index in [1.54, 1.807) is 6.33 Å². The fraction of sp³-hybridized carbons (Fsp3) is 0.667. The first-order valence-corrected chi connectivity index (χ1v) is 8.36. The minimum Gasteiger partial charge on any atom is -0.475 e. The lowest BCUT2D eigenvalue weighted by molar-refractivity contribution is 0.232. The molecule has 2 rings (SSSR count). The summed E-state index contributed by atoms with van der Waals surface area (Å²) in [6.07, 6.45) is 1.68. The first-order valence-electron chi connectivity index (χ1n) is 6.16. The number of rotatable bonds is 5.